The van der Waals surface area contributed by atoms with E-state index in [1.165, 1.54) is 12.1 Å². The fraction of sp³-hybridized carbons (Fsp3) is 0.429. The van der Waals surface area contributed by atoms with Crippen LogP contribution >= 0.6 is 12.2 Å². The first-order chi connectivity index (χ1) is 9.17. The van der Waals surface area contributed by atoms with E-state index in [1.807, 2.05) is 20.8 Å². The highest BCUT2D eigenvalue weighted by molar-refractivity contribution is 7.80. The highest BCUT2D eigenvalue weighted by Gasteiger charge is 2.16. The van der Waals surface area contributed by atoms with Crippen LogP contribution in [0.5, 0.6) is 0 Å². The summed E-state index contributed by atoms with van der Waals surface area (Å²) in [6.07, 6.45) is 0. The summed E-state index contributed by atoms with van der Waals surface area (Å²) in [4.78, 5) is 13.4. The number of anilines is 1. The van der Waals surface area contributed by atoms with Gasteiger partial charge in [-0.3, -0.25) is 4.79 Å². The number of hydrogen-bond acceptors (Lipinski definition) is 2. The number of hydrogen-bond donors (Lipinski definition) is 2. The Hall–Kier alpha value is -1.69. The summed E-state index contributed by atoms with van der Waals surface area (Å²) < 4.78 is 12.8. The van der Waals surface area contributed by atoms with E-state index in [4.69, 9.17) is 12.2 Å². The van der Waals surface area contributed by atoms with Gasteiger partial charge in [-0.05, 0) is 57.3 Å². The van der Waals surface area contributed by atoms with Gasteiger partial charge in [0.15, 0.2) is 5.11 Å². The Morgan fingerprint density at radius 3 is 2.35 bits per heavy atom. The average molecular weight is 297 g/mol. The molecule has 0 heterocycles. The summed E-state index contributed by atoms with van der Waals surface area (Å²) in [5.41, 5.74) is 0.406. The molecule has 0 aliphatic heterocycles. The second kappa shape index (κ2) is 6.65. The van der Waals surface area contributed by atoms with Gasteiger partial charge in [0.1, 0.15) is 5.82 Å². The zero-order valence-electron chi connectivity index (χ0n) is 12.2. The summed E-state index contributed by atoms with van der Waals surface area (Å²) in [6.45, 7) is 5.91. The molecule has 6 heteroatoms. The summed E-state index contributed by atoms with van der Waals surface area (Å²) in [5.74, 6) is -0.414. The summed E-state index contributed by atoms with van der Waals surface area (Å²) in [6, 6.07) is 5.86. The number of carbonyl (C=O) groups excluding carboxylic acids is 1. The lowest BCUT2D eigenvalue weighted by Crippen LogP contribution is -2.47. The van der Waals surface area contributed by atoms with Crippen LogP contribution in [0.4, 0.5) is 10.1 Å². The van der Waals surface area contributed by atoms with Crippen LogP contribution < -0.4 is 10.6 Å². The first-order valence-corrected chi connectivity index (χ1v) is 6.67. The van der Waals surface area contributed by atoms with Crippen LogP contribution in [0.25, 0.3) is 0 Å². The Labute approximate surface area is 124 Å². The number of halogens is 1. The molecule has 4 nitrogen and oxygen atoms in total. The van der Waals surface area contributed by atoms with Crippen molar-refractivity contribution in [2.24, 2.45) is 0 Å². The minimum atomic E-state index is -0.306. The van der Waals surface area contributed by atoms with Gasteiger partial charge in [-0.25, -0.2) is 4.39 Å². The van der Waals surface area contributed by atoms with Crippen molar-refractivity contribution in [3.8, 4) is 0 Å². The highest BCUT2D eigenvalue weighted by atomic mass is 32.1. The standard InChI is InChI=1S/C14H20FN3OS/c1-14(2,3)17-12(19)9-18(4)13(20)16-11-7-5-10(15)6-8-11/h5-8H,9H2,1-4H3,(H,16,20)(H,17,19). The molecule has 0 aromatic heterocycles. The molecule has 1 rings (SSSR count). The van der Waals surface area contributed by atoms with Gasteiger partial charge in [0.2, 0.25) is 5.91 Å². The lowest BCUT2D eigenvalue weighted by Gasteiger charge is -2.25. The van der Waals surface area contributed by atoms with Crippen LogP contribution in [0.2, 0.25) is 0 Å². The molecule has 0 aliphatic rings. The van der Waals surface area contributed by atoms with Gasteiger partial charge in [-0.15, -0.1) is 0 Å². The third-order valence-corrected chi connectivity index (χ3v) is 2.75. The van der Waals surface area contributed by atoms with Crippen LogP contribution in [0.1, 0.15) is 20.8 Å². The summed E-state index contributed by atoms with van der Waals surface area (Å²) in [7, 11) is 1.72. The van der Waals surface area contributed by atoms with Crippen LogP contribution in [0.15, 0.2) is 24.3 Å². The molecule has 0 bridgehead atoms. The number of nitrogens with one attached hydrogen (secondary N) is 2. The monoisotopic (exact) mass is 297 g/mol. The highest BCUT2D eigenvalue weighted by Crippen LogP contribution is 2.09. The Morgan fingerprint density at radius 1 is 1.30 bits per heavy atom. The molecule has 0 unspecified atom stereocenters. The van der Waals surface area contributed by atoms with Crippen molar-refractivity contribution >= 4 is 28.9 Å². The second-order valence-electron chi connectivity index (χ2n) is 5.59. The Balaban J connectivity index is 2.51. The van der Waals surface area contributed by atoms with E-state index < -0.39 is 0 Å². The molecule has 2 N–H and O–H groups in total. The molecule has 20 heavy (non-hydrogen) atoms. The third kappa shape index (κ3) is 5.97. The van der Waals surface area contributed by atoms with Gasteiger partial charge >= 0.3 is 0 Å². The molecule has 0 fully saturated rings. The summed E-state index contributed by atoms with van der Waals surface area (Å²) in [5, 5.41) is 6.21. The van der Waals surface area contributed by atoms with Gasteiger partial charge in [0, 0.05) is 18.3 Å². The number of rotatable bonds is 3. The van der Waals surface area contributed by atoms with Gasteiger partial charge < -0.3 is 15.5 Å². The first kappa shape index (κ1) is 16.4. The fourth-order valence-electron chi connectivity index (χ4n) is 1.50. The Bertz CT molecular complexity index is 482. The molecule has 1 amide bonds. The van der Waals surface area contributed by atoms with Crippen molar-refractivity contribution in [1.29, 1.82) is 0 Å². The molecule has 1 aromatic rings. The number of amides is 1. The van der Waals surface area contributed by atoms with Crippen LogP contribution in [0, 0.1) is 5.82 Å². The minimum Gasteiger partial charge on any atom is -0.350 e. The number of benzene rings is 1. The zero-order chi connectivity index (χ0) is 15.3. The largest absolute Gasteiger partial charge is 0.350 e. The van der Waals surface area contributed by atoms with E-state index in [2.05, 4.69) is 10.6 Å². The second-order valence-corrected chi connectivity index (χ2v) is 5.98. The zero-order valence-corrected chi connectivity index (χ0v) is 13.0. The number of likely N-dealkylation sites (N-methyl/N-ethyl adjacent to an activating group) is 1. The van der Waals surface area contributed by atoms with Crippen molar-refractivity contribution in [3.63, 3.8) is 0 Å². The molecule has 1 aromatic carbocycles. The molecule has 0 spiro atoms. The maximum Gasteiger partial charge on any atom is 0.239 e. The quantitative estimate of drug-likeness (QED) is 0.841. The van der Waals surface area contributed by atoms with Gasteiger partial charge in [-0.2, -0.15) is 0 Å². The lowest BCUT2D eigenvalue weighted by molar-refractivity contribution is -0.122. The molecule has 0 saturated carbocycles. The molecular weight excluding hydrogens is 277 g/mol. The van der Waals surface area contributed by atoms with Crippen molar-refractivity contribution in [2.45, 2.75) is 26.3 Å². The molecule has 110 valence electrons. The van der Waals surface area contributed by atoms with Crippen LogP contribution in [0.3, 0.4) is 0 Å². The van der Waals surface area contributed by atoms with Crippen LogP contribution in [-0.2, 0) is 4.79 Å². The molecule has 0 radical (unpaired) electrons. The van der Waals surface area contributed by atoms with Crippen molar-refractivity contribution < 1.29 is 9.18 Å². The Morgan fingerprint density at radius 2 is 1.85 bits per heavy atom. The number of carbonyl (C=O) groups is 1. The number of nitrogens with zero attached hydrogens (tertiary/aromatic N) is 1. The fourth-order valence-corrected chi connectivity index (χ4v) is 1.68. The topological polar surface area (TPSA) is 44.4 Å². The first-order valence-electron chi connectivity index (χ1n) is 6.26. The van der Waals surface area contributed by atoms with Gasteiger partial charge in [0.25, 0.3) is 0 Å². The molecular formula is C14H20FN3OS. The van der Waals surface area contributed by atoms with Crippen molar-refractivity contribution in [3.05, 3.63) is 30.1 Å². The lowest BCUT2D eigenvalue weighted by atomic mass is 10.1. The molecule has 0 aliphatic carbocycles. The van der Waals surface area contributed by atoms with Crippen LogP contribution in [-0.4, -0.2) is 35.1 Å². The van der Waals surface area contributed by atoms with Crippen molar-refractivity contribution in [2.75, 3.05) is 18.9 Å². The van der Waals surface area contributed by atoms with E-state index in [0.29, 0.717) is 10.8 Å². The predicted molar refractivity (Wildman–Crippen MR) is 83.1 cm³/mol. The normalized spacial score (nSPS) is 10.8. The smallest absolute Gasteiger partial charge is 0.239 e. The van der Waals surface area contributed by atoms with Crippen molar-refractivity contribution in [1.82, 2.24) is 10.2 Å². The maximum absolute atomic E-state index is 12.8. The molecule has 0 saturated heterocycles. The summed E-state index contributed by atoms with van der Waals surface area (Å²) >= 11 is 5.19. The van der Waals surface area contributed by atoms with E-state index in [0.717, 1.165) is 0 Å². The van der Waals surface area contributed by atoms with E-state index in [-0.39, 0.29) is 23.8 Å². The van der Waals surface area contributed by atoms with E-state index in [1.54, 1.807) is 24.1 Å². The predicted octanol–water partition coefficient (Wildman–Crippen LogP) is 2.37. The molecule has 0 atom stereocenters. The van der Waals surface area contributed by atoms with Gasteiger partial charge in [-0.1, -0.05) is 0 Å². The third-order valence-electron chi connectivity index (χ3n) is 2.34. The van der Waals surface area contributed by atoms with Gasteiger partial charge in [0.05, 0.1) is 6.54 Å². The average Bonchev–Trinajstić information content (AvgIpc) is 2.29. The number of thiocarbonyl (C=S) groups is 1. The maximum atomic E-state index is 12.8. The van der Waals surface area contributed by atoms with E-state index >= 15 is 0 Å². The van der Waals surface area contributed by atoms with E-state index in [9.17, 15) is 9.18 Å². The SMILES string of the molecule is CN(CC(=O)NC(C)(C)C)C(=S)Nc1ccc(F)cc1. The Kier molecular flexibility index (Phi) is 5.44. The minimum absolute atomic E-state index is 0.108.